The lowest BCUT2D eigenvalue weighted by Crippen LogP contribution is -2.38. The van der Waals surface area contributed by atoms with Crippen molar-refractivity contribution in [1.29, 1.82) is 0 Å². The summed E-state index contributed by atoms with van der Waals surface area (Å²) in [6.45, 7) is 9.75. The van der Waals surface area contributed by atoms with Gasteiger partial charge in [-0.05, 0) is 57.9 Å². The van der Waals surface area contributed by atoms with Crippen LogP contribution in [0.15, 0.2) is 18.2 Å². The minimum atomic E-state index is -0.366. The Morgan fingerprint density at radius 2 is 2.05 bits per heavy atom. The molecule has 114 valence electrons. The standard InChI is InChI=1S/C16H25ClFNO/c1-5-8-19-13(11-20-16(2,3)4)9-12-6-7-14(17)15(18)10-12/h6-7,10,13,19H,5,8-9,11H2,1-4H3. The average Bonchev–Trinajstić information content (AvgIpc) is 2.36. The fraction of sp³-hybridized carbons (Fsp3) is 0.625. The molecule has 4 heteroatoms. The number of benzene rings is 1. The van der Waals surface area contributed by atoms with E-state index in [0.29, 0.717) is 6.61 Å². The van der Waals surface area contributed by atoms with Gasteiger partial charge in [-0.3, -0.25) is 0 Å². The molecule has 0 aliphatic heterocycles. The van der Waals surface area contributed by atoms with Gasteiger partial charge in [-0.25, -0.2) is 4.39 Å². The highest BCUT2D eigenvalue weighted by molar-refractivity contribution is 6.30. The summed E-state index contributed by atoms with van der Waals surface area (Å²) in [6, 6.07) is 5.14. The zero-order valence-electron chi connectivity index (χ0n) is 12.8. The molecule has 0 aliphatic carbocycles. The minimum absolute atomic E-state index is 0.165. The van der Waals surface area contributed by atoms with E-state index in [1.54, 1.807) is 6.07 Å². The molecule has 2 nitrogen and oxygen atoms in total. The van der Waals surface area contributed by atoms with Gasteiger partial charge in [0.1, 0.15) is 5.82 Å². The normalized spacial score (nSPS) is 13.5. The summed E-state index contributed by atoms with van der Waals surface area (Å²) in [5.41, 5.74) is 0.759. The predicted molar refractivity (Wildman–Crippen MR) is 82.9 cm³/mol. The van der Waals surface area contributed by atoms with Crippen LogP contribution in [0.2, 0.25) is 5.02 Å². The Morgan fingerprint density at radius 1 is 1.35 bits per heavy atom. The molecule has 1 aromatic rings. The van der Waals surface area contributed by atoms with Gasteiger partial charge in [0.2, 0.25) is 0 Å². The Kier molecular flexibility index (Phi) is 6.93. The zero-order chi connectivity index (χ0) is 15.2. The van der Waals surface area contributed by atoms with Crippen LogP contribution in [0.1, 0.15) is 39.7 Å². The van der Waals surface area contributed by atoms with E-state index in [9.17, 15) is 4.39 Å². The second-order valence-electron chi connectivity index (χ2n) is 6.03. The number of halogens is 2. The van der Waals surface area contributed by atoms with Crippen LogP contribution >= 0.6 is 11.6 Å². The van der Waals surface area contributed by atoms with Gasteiger partial charge in [-0.1, -0.05) is 24.6 Å². The van der Waals surface area contributed by atoms with Gasteiger partial charge < -0.3 is 10.1 Å². The molecule has 0 amide bonds. The predicted octanol–water partition coefficient (Wildman–Crippen LogP) is 4.20. The number of nitrogens with one attached hydrogen (secondary N) is 1. The van der Waals surface area contributed by atoms with Gasteiger partial charge in [0, 0.05) is 6.04 Å². The average molecular weight is 302 g/mol. The lowest BCUT2D eigenvalue weighted by atomic mass is 10.1. The van der Waals surface area contributed by atoms with Gasteiger partial charge in [0.15, 0.2) is 0 Å². The number of hydrogen-bond donors (Lipinski definition) is 1. The second kappa shape index (κ2) is 7.96. The van der Waals surface area contributed by atoms with E-state index >= 15 is 0 Å². The maximum Gasteiger partial charge on any atom is 0.142 e. The third-order valence-corrected chi connectivity index (χ3v) is 3.17. The molecule has 0 radical (unpaired) electrons. The Balaban J connectivity index is 2.65. The quantitative estimate of drug-likeness (QED) is 0.815. The largest absolute Gasteiger partial charge is 0.374 e. The van der Waals surface area contributed by atoms with E-state index in [0.717, 1.165) is 24.9 Å². The molecule has 1 rings (SSSR count). The Labute approximate surface area is 126 Å². The fourth-order valence-corrected chi connectivity index (χ4v) is 1.96. The van der Waals surface area contributed by atoms with Gasteiger partial charge in [0.25, 0.3) is 0 Å². The highest BCUT2D eigenvalue weighted by Crippen LogP contribution is 2.17. The highest BCUT2D eigenvalue weighted by atomic mass is 35.5. The Morgan fingerprint density at radius 3 is 2.60 bits per heavy atom. The first-order chi connectivity index (χ1) is 9.31. The van der Waals surface area contributed by atoms with Gasteiger partial charge >= 0.3 is 0 Å². The molecule has 0 spiro atoms. The summed E-state index contributed by atoms with van der Waals surface area (Å²) < 4.78 is 19.3. The molecule has 1 unspecified atom stereocenters. The van der Waals surface area contributed by atoms with E-state index in [-0.39, 0.29) is 22.5 Å². The fourth-order valence-electron chi connectivity index (χ4n) is 1.84. The van der Waals surface area contributed by atoms with Crippen LogP contribution in [-0.2, 0) is 11.2 Å². The Hall–Kier alpha value is -0.640. The van der Waals surface area contributed by atoms with E-state index in [4.69, 9.17) is 16.3 Å². The number of hydrogen-bond acceptors (Lipinski definition) is 2. The van der Waals surface area contributed by atoms with E-state index in [2.05, 4.69) is 12.2 Å². The van der Waals surface area contributed by atoms with Crippen LogP contribution in [0.5, 0.6) is 0 Å². The molecule has 1 N–H and O–H groups in total. The van der Waals surface area contributed by atoms with E-state index in [1.165, 1.54) is 6.07 Å². The van der Waals surface area contributed by atoms with Crippen LogP contribution in [0.25, 0.3) is 0 Å². The van der Waals surface area contributed by atoms with Gasteiger partial charge in [-0.15, -0.1) is 0 Å². The van der Waals surface area contributed by atoms with Crippen molar-refractivity contribution in [3.63, 3.8) is 0 Å². The van der Waals surface area contributed by atoms with Crippen molar-refractivity contribution < 1.29 is 9.13 Å². The zero-order valence-corrected chi connectivity index (χ0v) is 13.6. The topological polar surface area (TPSA) is 21.3 Å². The molecule has 0 saturated heterocycles. The van der Waals surface area contributed by atoms with Crippen LogP contribution < -0.4 is 5.32 Å². The molecule has 1 aromatic carbocycles. The summed E-state index contributed by atoms with van der Waals surface area (Å²) in [5.74, 6) is -0.366. The van der Waals surface area contributed by atoms with Crippen LogP contribution in [0, 0.1) is 5.82 Å². The van der Waals surface area contributed by atoms with Crippen molar-refractivity contribution in [3.05, 3.63) is 34.6 Å². The molecule has 0 aliphatic rings. The number of rotatable bonds is 7. The second-order valence-corrected chi connectivity index (χ2v) is 6.43. The van der Waals surface area contributed by atoms with Crippen molar-refractivity contribution in [2.24, 2.45) is 0 Å². The van der Waals surface area contributed by atoms with Crippen molar-refractivity contribution in [2.45, 2.75) is 52.2 Å². The smallest absolute Gasteiger partial charge is 0.142 e. The van der Waals surface area contributed by atoms with Crippen LogP contribution in [0.4, 0.5) is 4.39 Å². The van der Waals surface area contributed by atoms with E-state index in [1.807, 2.05) is 26.8 Å². The summed E-state index contributed by atoms with van der Waals surface area (Å²) >= 11 is 5.71. The van der Waals surface area contributed by atoms with Crippen molar-refractivity contribution in [2.75, 3.05) is 13.2 Å². The van der Waals surface area contributed by atoms with E-state index < -0.39 is 0 Å². The number of ether oxygens (including phenoxy) is 1. The monoisotopic (exact) mass is 301 g/mol. The Bertz CT molecular complexity index is 417. The van der Waals surface area contributed by atoms with Crippen molar-refractivity contribution >= 4 is 11.6 Å². The van der Waals surface area contributed by atoms with Gasteiger partial charge in [-0.2, -0.15) is 0 Å². The third-order valence-electron chi connectivity index (χ3n) is 2.87. The van der Waals surface area contributed by atoms with Crippen LogP contribution in [0.3, 0.4) is 0 Å². The SMILES string of the molecule is CCCNC(COC(C)(C)C)Cc1ccc(Cl)c(F)c1. The molecular formula is C16H25ClFNO. The maximum absolute atomic E-state index is 13.5. The summed E-state index contributed by atoms with van der Waals surface area (Å²) in [7, 11) is 0. The van der Waals surface area contributed by atoms with Crippen molar-refractivity contribution in [3.8, 4) is 0 Å². The first-order valence-electron chi connectivity index (χ1n) is 7.13. The molecule has 0 saturated carbocycles. The summed E-state index contributed by atoms with van der Waals surface area (Å²) in [5, 5.41) is 3.61. The first kappa shape index (κ1) is 17.4. The summed E-state index contributed by atoms with van der Waals surface area (Å²) in [6.07, 6.45) is 1.78. The highest BCUT2D eigenvalue weighted by Gasteiger charge is 2.16. The minimum Gasteiger partial charge on any atom is -0.374 e. The molecule has 0 fully saturated rings. The molecule has 1 atom stereocenters. The first-order valence-corrected chi connectivity index (χ1v) is 7.51. The molecule has 0 aromatic heterocycles. The molecule has 0 heterocycles. The lowest BCUT2D eigenvalue weighted by molar-refractivity contribution is -0.0143. The maximum atomic E-state index is 13.5. The summed E-state index contributed by atoms with van der Waals surface area (Å²) in [4.78, 5) is 0. The van der Waals surface area contributed by atoms with Crippen LogP contribution in [-0.4, -0.2) is 24.8 Å². The molecular weight excluding hydrogens is 277 g/mol. The van der Waals surface area contributed by atoms with Crippen molar-refractivity contribution in [1.82, 2.24) is 5.32 Å². The molecule has 20 heavy (non-hydrogen) atoms. The third kappa shape index (κ3) is 6.69. The van der Waals surface area contributed by atoms with Gasteiger partial charge in [0.05, 0.1) is 17.2 Å². The lowest BCUT2D eigenvalue weighted by Gasteiger charge is -2.25. The molecule has 0 bridgehead atoms.